The molecule has 0 unspecified atom stereocenters. The maximum Gasteiger partial charge on any atom is 0.190 e. The topological polar surface area (TPSA) is 48.9 Å². The summed E-state index contributed by atoms with van der Waals surface area (Å²) in [6, 6.07) is 3.59. The quantitative estimate of drug-likeness (QED) is 0.595. The second kappa shape index (κ2) is 1.99. The first-order chi connectivity index (χ1) is 5.27. The molecule has 3 heteroatoms. The Morgan fingerprint density at radius 3 is 3.09 bits per heavy atom. The monoisotopic (exact) mass is 148 g/mol. The van der Waals surface area contributed by atoms with Crippen LogP contribution in [0.5, 0.6) is 5.88 Å². The minimum Gasteiger partial charge on any atom is -0.495 e. The molecule has 0 saturated heterocycles. The molecule has 0 saturated carbocycles. The van der Waals surface area contributed by atoms with E-state index < -0.39 is 0 Å². The van der Waals surface area contributed by atoms with Crippen molar-refractivity contribution < 1.29 is 5.11 Å². The van der Waals surface area contributed by atoms with E-state index in [-0.39, 0.29) is 5.88 Å². The van der Waals surface area contributed by atoms with Crippen molar-refractivity contribution >= 4 is 11.0 Å². The molecule has 0 amide bonds. The number of aromatic hydroxyl groups is 1. The number of aryl methyl sites for hydroxylation is 1. The van der Waals surface area contributed by atoms with Gasteiger partial charge in [0.15, 0.2) is 5.88 Å². The number of pyridine rings is 1. The Balaban J connectivity index is 2.90. The molecule has 11 heavy (non-hydrogen) atoms. The zero-order chi connectivity index (χ0) is 7.84. The maximum absolute atomic E-state index is 9.09. The molecule has 0 aliphatic heterocycles. The predicted molar refractivity (Wildman–Crippen MR) is 42.5 cm³/mol. The second-order valence-electron chi connectivity index (χ2n) is 2.54. The Labute approximate surface area is 63.7 Å². The Hall–Kier alpha value is -1.51. The summed E-state index contributed by atoms with van der Waals surface area (Å²) in [5.74, 6) is 0.168. The predicted octanol–water partition coefficient (Wildman–Crippen LogP) is 1.58. The van der Waals surface area contributed by atoms with Crippen LogP contribution < -0.4 is 0 Å². The van der Waals surface area contributed by atoms with E-state index in [0.29, 0.717) is 0 Å². The minimum atomic E-state index is 0.168. The third kappa shape index (κ3) is 0.852. The largest absolute Gasteiger partial charge is 0.495 e. The summed E-state index contributed by atoms with van der Waals surface area (Å²) < 4.78 is 0. The van der Waals surface area contributed by atoms with E-state index in [1.54, 1.807) is 12.3 Å². The molecule has 2 aromatic heterocycles. The number of H-pyrrole nitrogens is 1. The van der Waals surface area contributed by atoms with Gasteiger partial charge in [0, 0.05) is 17.6 Å². The first kappa shape index (κ1) is 6.22. The number of hydrogen-bond donors (Lipinski definition) is 2. The smallest absolute Gasteiger partial charge is 0.190 e. The van der Waals surface area contributed by atoms with Gasteiger partial charge < -0.3 is 10.1 Å². The van der Waals surface area contributed by atoms with Gasteiger partial charge in [-0.2, -0.15) is 0 Å². The molecule has 2 N–H and O–H groups in total. The highest BCUT2D eigenvalue weighted by molar-refractivity contribution is 5.80. The first-order valence-corrected chi connectivity index (χ1v) is 3.40. The lowest BCUT2D eigenvalue weighted by molar-refractivity contribution is 0.458. The molecule has 0 fully saturated rings. The van der Waals surface area contributed by atoms with E-state index in [4.69, 9.17) is 5.11 Å². The lowest BCUT2D eigenvalue weighted by atomic mass is 10.2. The van der Waals surface area contributed by atoms with Gasteiger partial charge in [0.05, 0.1) is 0 Å². The van der Waals surface area contributed by atoms with Gasteiger partial charge >= 0.3 is 0 Å². The van der Waals surface area contributed by atoms with Gasteiger partial charge in [-0.05, 0) is 18.6 Å². The summed E-state index contributed by atoms with van der Waals surface area (Å²) >= 11 is 0. The lowest BCUT2D eigenvalue weighted by Gasteiger charge is -1.90. The molecule has 0 aliphatic rings. The fraction of sp³-hybridized carbons (Fsp3) is 0.125. The first-order valence-electron chi connectivity index (χ1n) is 3.40. The van der Waals surface area contributed by atoms with Crippen molar-refractivity contribution in [2.24, 2.45) is 0 Å². The molecular weight excluding hydrogens is 140 g/mol. The number of nitrogens with zero attached hydrogens (tertiary/aromatic N) is 1. The summed E-state index contributed by atoms with van der Waals surface area (Å²) in [5, 5.41) is 10.1. The molecule has 0 aromatic carbocycles. The van der Waals surface area contributed by atoms with E-state index in [1.807, 2.05) is 13.0 Å². The Morgan fingerprint density at radius 1 is 1.55 bits per heavy atom. The Kier molecular flexibility index (Phi) is 1.12. The molecular formula is C8H8N2O. The van der Waals surface area contributed by atoms with Crippen LogP contribution in [-0.2, 0) is 0 Å². The summed E-state index contributed by atoms with van der Waals surface area (Å²) in [5.41, 5.74) is 1.86. The van der Waals surface area contributed by atoms with Crippen molar-refractivity contribution in [2.75, 3.05) is 0 Å². The fourth-order valence-corrected chi connectivity index (χ4v) is 1.15. The molecule has 2 rings (SSSR count). The van der Waals surface area contributed by atoms with Crippen molar-refractivity contribution in [1.82, 2.24) is 9.97 Å². The number of nitrogens with one attached hydrogen (secondary N) is 1. The minimum absolute atomic E-state index is 0.168. The van der Waals surface area contributed by atoms with E-state index in [0.717, 1.165) is 16.6 Å². The van der Waals surface area contributed by atoms with Crippen LogP contribution in [0.4, 0.5) is 0 Å². The fourth-order valence-electron chi connectivity index (χ4n) is 1.15. The third-order valence-electron chi connectivity index (χ3n) is 1.74. The molecule has 0 atom stereocenters. The van der Waals surface area contributed by atoms with Crippen molar-refractivity contribution in [2.45, 2.75) is 6.92 Å². The Morgan fingerprint density at radius 2 is 2.36 bits per heavy atom. The van der Waals surface area contributed by atoms with Crippen molar-refractivity contribution in [3.63, 3.8) is 0 Å². The highest BCUT2D eigenvalue weighted by atomic mass is 16.3. The molecule has 0 bridgehead atoms. The zero-order valence-corrected chi connectivity index (χ0v) is 6.13. The van der Waals surface area contributed by atoms with Gasteiger partial charge in [-0.25, -0.2) is 4.98 Å². The van der Waals surface area contributed by atoms with Gasteiger partial charge in [-0.15, -0.1) is 0 Å². The molecule has 2 heterocycles. The average Bonchev–Trinajstić information content (AvgIpc) is 2.31. The average molecular weight is 148 g/mol. The van der Waals surface area contributed by atoms with Gasteiger partial charge in [0.1, 0.15) is 5.65 Å². The molecule has 3 nitrogen and oxygen atoms in total. The Bertz CT molecular complexity index is 392. The van der Waals surface area contributed by atoms with Crippen molar-refractivity contribution in [3.05, 3.63) is 23.9 Å². The standard InChI is InChI=1S/C8H8N2O/c1-5-2-3-9-8-6(5)4-7(11)10-8/h2-4,11H,1H3,(H,9,10). The molecule has 0 spiro atoms. The van der Waals surface area contributed by atoms with Crippen LogP contribution in [0, 0.1) is 6.92 Å². The van der Waals surface area contributed by atoms with E-state index in [2.05, 4.69) is 9.97 Å². The van der Waals surface area contributed by atoms with E-state index >= 15 is 0 Å². The molecule has 2 aromatic rings. The van der Waals surface area contributed by atoms with Crippen molar-refractivity contribution in [1.29, 1.82) is 0 Å². The van der Waals surface area contributed by atoms with Crippen LogP contribution in [0.25, 0.3) is 11.0 Å². The van der Waals surface area contributed by atoms with Crippen molar-refractivity contribution in [3.8, 4) is 5.88 Å². The number of rotatable bonds is 0. The number of aromatic amines is 1. The van der Waals surface area contributed by atoms with Gasteiger partial charge in [0.2, 0.25) is 0 Å². The van der Waals surface area contributed by atoms with Crippen LogP contribution in [0.3, 0.4) is 0 Å². The number of hydrogen-bond acceptors (Lipinski definition) is 2. The van der Waals surface area contributed by atoms with Crippen LogP contribution >= 0.6 is 0 Å². The zero-order valence-electron chi connectivity index (χ0n) is 6.13. The molecule has 0 aliphatic carbocycles. The van der Waals surface area contributed by atoms with Crippen LogP contribution in [0.1, 0.15) is 5.56 Å². The third-order valence-corrected chi connectivity index (χ3v) is 1.74. The van der Waals surface area contributed by atoms with Gasteiger partial charge in [0.25, 0.3) is 0 Å². The summed E-state index contributed by atoms with van der Waals surface area (Å²) in [6.45, 7) is 1.98. The number of fused-ring (bicyclic) bond motifs is 1. The molecule has 0 radical (unpaired) electrons. The summed E-state index contributed by atoms with van der Waals surface area (Å²) in [4.78, 5) is 6.79. The highest BCUT2D eigenvalue weighted by Gasteiger charge is 2.00. The lowest BCUT2D eigenvalue weighted by Crippen LogP contribution is -1.77. The van der Waals surface area contributed by atoms with Gasteiger partial charge in [-0.3, -0.25) is 0 Å². The SMILES string of the molecule is Cc1ccnc2[nH]c(O)cc12. The van der Waals surface area contributed by atoms with Crippen LogP contribution in [0.2, 0.25) is 0 Å². The normalized spacial score (nSPS) is 10.6. The maximum atomic E-state index is 9.09. The number of aromatic nitrogens is 2. The summed E-state index contributed by atoms with van der Waals surface area (Å²) in [7, 11) is 0. The van der Waals surface area contributed by atoms with Crippen LogP contribution in [0.15, 0.2) is 18.3 Å². The molecule has 56 valence electrons. The second-order valence-corrected chi connectivity index (χ2v) is 2.54. The van der Waals surface area contributed by atoms with Gasteiger partial charge in [-0.1, -0.05) is 0 Å². The van der Waals surface area contributed by atoms with E-state index in [1.165, 1.54) is 0 Å². The van der Waals surface area contributed by atoms with E-state index in [9.17, 15) is 0 Å². The highest BCUT2D eigenvalue weighted by Crippen LogP contribution is 2.19. The summed E-state index contributed by atoms with van der Waals surface area (Å²) in [6.07, 6.45) is 1.72. The van der Waals surface area contributed by atoms with Crippen LogP contribution in [-0.4, -0.2) is 15.1 Å².